The molecule has 0 aliphatic heterocycles. The average molecular weight is 284 g/mol. The van der Waals surface area contributed by atoms with Gasteiger partial charge in [-0.2, -0.15) is 0 Å². The first-order chi connectivity index (χ1) is 10.0. The molecule has 0 aliphatic carbocycles. The summed E-state index contributed by atoms with van der Waals surface area (Å²) in [6, 6.07) is 10.4. The molecule has 0 unspecified atom stereocenters. The van der Waals surface area contributed by atoms with E-state index in [-0.39, 0.29) is 12.3 Å². The van der Waals surface area contributed by atoms with E-state index in [1.807, 2.05) is 37.3 Å². The van der Waals surface area contributed by atoms with E-state index in [4.69, 9.17) is 5.73 Å². The Hall–Kier alpha value is -2.66. The molecule has 0 aromatic heterocycles. The highest BCUT2D eigenvalue weighted by atomic mass is 16.6. The summed E-state index contributed by atoms with van der Waals surface area (Å²) >= 11 is 0. The van der Waals surface area contributed by atoms with Crippen LogP contribution in [0.25, 0.3) is 12.2 Å². The molecule has 2 aromatic rings. The fourth-order valence-electron chi connectivity index (χ4n) is 2.01. The van der Waals surface area contributed by atoms with Gasteiger partial charge in [-0.3, -0.25) is 10.1 Å². The Labute approximate surface area is 122 Å². The molecule has 0 saturated heterocycles. The van der Waals surface area contributed by atoms with Gasteiger partial charge in [0.2, 0.25) is 0 Å². The second-order valence-electron chi connectivity index (χ2n) is 4.75. The van der Waals surface area contributed by atoms with Gasteiger partial charge in [-0.1, -0.05) is 18.2 Å². The van der Waals surface area contributed by atoms with E-state index in [0.717, 1.165) is 22.4 Å². The second kappa shape index (κ2) is 6.19. The molecule has 2 rings (SSSR count). The third kappa shape index (κ3) is 3.46. The quantitative estimate of drug-likeness (QED) is 0.390. The van der Waals surface area contributed by atoms with Gasteiger partial charge in [0.05, 0.1) is 17.1 Å². The highest BCUT2D eigenvalue weighted by molar-refractivity contribution is 5.72. The van der Waals surface area contributed by atoms with E-state index in [2.05, 4.69) is 0 Å². The zero-order valence-corrected chi connectivity index (χ0v) is 11.6. The first-order valence-electron chi connectivity index (χ1n) is 6.43. The van der Waals surface area contributed by atoms with Crippen LogP contribution in [-0.2, 0) is 6.61 Å². The van der Waals surface area contributed by atoms with Gasteiger partial charge in [0.1, 0.15) is 0 Å². The van der Waals surface area contributed by atoms with Crippen LogP contribution in [-0.4, -0.2) is 10.0 Å². The maximum Gasteiger partial charge on any atom is 0.274 e. The Morgan fingerprint density at radius 3 is 2.38 bits per heavy atom. The molecule has 21 heavy (non-hydrogen) atoms. The minimum absolute atomic E-state index is 0.0713. The van der Waals surface area contributed by atoms with Gasteiger partial charge >= 0.3 is 0 Å². The molecule has 2 aromatic carbocycles. The number of benzene rings is 2. The number of aliphatic hydroxyl groups is 1. The summed E-state index contributed by atoms with van der Waals surface area (Å²) in [7, 11) is 0. The first kappa shape index (κ1) is 14.7. The highest BCUT2D eigenvalue weighted by Gasteiger charge is 2.12. The number of anilines is 1. The van der Waals surface area contributed by atoms with Crippen LogP contribution in [0.2, 0.25) is 0 Å². The van der Waals surface area contributed by atoms with E-state index in [1.54, 1.807) is 12.1 Å². The summed E-state index contributed by atoms with van der Waals surface area (Å²) in [6.45, 7) is 1.57. The maximum atomic E-state index is 10.8. The number of nitrogens with two attached hydrogens (primary N) is 1. The van der Waals surface area contributed by atoms with Crippen LogP contribution >= 0.6 is 0 Å². The summed E-state index contributed by atoms with van der Waals surface area (Å²) in [5.74, 6) is 0. The molecule has 3 N–H and O–H groups in total. The van der Waals surface area contributed by atoms with Crippen LogP contribution in [0.5, 0.6) is 0 Å². The molecule has 0 heterocycles. The van der Waals surface area contributed by atoms with Crippen molar-refractivity contribution in [3.63, 3.8) is 0 Å². The lowest BCUT2D eigenvalue weighted by molar-refractivity contribution is -0.385. The third-order valence-electron chi connectivity index (χ3n) is 3.23. The summed E-state index contributed by atoms with van der Waals surface area (Å²) in [4.78, 5) is 10.3. The van der Waals surface area contributed by atoms with Gasteiger partial charge in [0, 0.05) is 11.8 Å². The minimum Gasteiger partial charge on any atom is -0.399 e. The van der Waals surface area contributed by atoms with E-state index < -0.39 is 4.92 Å². The number of nitrogen functional groups attached to an aromatic ring is 1. The molecule has 0 aliphatic rings. The van der Waals surface area contributed by atoms with Gasteiger partial charge in [-0.25, -0.2) is 0 Å². The topological polar surface area (TPSA) is 89.4 Å². The molecule has 0 amide bonds. The SMILES string of the molecule is Cc1cc(C=Cc2ccc([N+](=O)[O-])c(CO)c2)ccc1N. The molecule has 0 saturated carbocycles. The number of aryl methyl sites for hydroxylation is 1. The largest absolute Gasteiger partial charge is 0.399 e. The number of aliphatic hydroxyl groups excluding tert-OH is 1. The fourth-order valence-corrected chi connectivity index (χ4v) is 2.01. The van der Waals surface area contributed by atoms with E-state index >= 15 is 0 Å². The molecular weight excluding hydrogens is 268 g/mol. The molecule has 5 heteroatoms. The second-order valence-corrected chi connectivity index (χ2v) is 4.75. The molecule has 0 spiro atoms. The highest BCUT2D eigenvalue weighted by Crippen LogP contribution is 2.21. The van der Waals surface area contributed by atoms with Gasteiger partial charge in [0.15, 0.2) is 0 Å². The predicted octanol–water partition coefficient (Wildman–Crippen LogP) is 3.15. The number of hydrogen-bond donors (Lipinski definition) is 2. The van der Waals surface area contributed by atoms with Crippen LogP contribution in [0.3, 0.4) is 0 Å². The standard InChI is InChI=1S/C16H16N2O3/c1-11-8-12(4-6-15(11)17)2-3-13-5-7-16(18(20)21)14(9-13)10-19/h2-9,19H,10,17H2,1H3. The minimum atomic E-state index is -0.498. The van der Waals surface area contributed by atoms with E-state index in [0.29, 0.717) is 5.56 Å². The lowest BCUT2D eigenvalue weighted by atomic mass is 10.1. The number of rotatable bonds is 4. The van der Waals surface area contributed by atoms with E-state index in [1.165, 1.54) is 6.07 Å². The molecule has 0 radical (unpaired) electrons. The van der Waals surface area contributed by atoms with Crippen LogP contribution in [0.1, 0.15) is 22.3 Å². The third-order valence-corrected chi connectivity index (χ3v) is 3.23. The summed E-state index contributed by atoms with van der Waals surface area (Å²) in [6.07, 6.45) is 3.74. The van der Waals surface area contributed by atoms with Gasteiger partial charge in [-0.05, 0) is 47.9 Å². The Kier molecular flexibility index (Phi) is 4.35. The lowest BCUT2D eigenvalue weighted by Crippen LogP contribution is -1.95. The predicted molar refractivity (Wildman–Crippen MR) is 83.5 cm³/mol. The number of nitrogens with zero attached hydrogens (tertiary/aromatic N) is 1. The molecule has 0 fully saturated rings. The lowest BCUT2D eigenvalue weighted by Gasteiger charge is -2.02. The smallest absolute Gasteiger partial charge is 0.274 e. The Morgan fingerprint density at radius 2 is 1.81 bits per heavy atom. The maximum absolute atomic E-state index is 10.8. The van der Waals surface area contributed by atoms with Gasteiger partial charge < -0.3 is 10.8 Å². The van der Waals surface area contributed by atoms with Crippen LogP contribution < -0.4 is 5.73 Å². The average Bonchev–Trinajstić information content (AvgIpc) is 2.48. The summed E-state index contributed by atoms with van der Waals surface area (Å²) < 4.78 is 0. The van der Waals surface area contributed by atoms with Crippen LogP contribution in [0.4, 0.5) is 11.4 Å². The van der Waals surface area contributed by atoms with Crippen molar-refractivity contribution in [1.29, 1.82) is 0 Å². The monoisotopic (exact) mass is 284 g/mol. The first-order valence-corrected chi connectivity index (χ1v) is 6.43. The fraction of sp³-hybridized carbons (Fsp3) is 0.125. The van der Waals surface area contributed by atoms with Gasteiger partial charge in [0.25, 0.3) is 5.69 Å². The van der Waals surface area contributed by atoms with Crippen LogP contribution in [0.15, 0.2) is 36.4 Å². The molecule has 0 atom stereocenters. The molecule has 5 nitrogen and oxygen atoms in total. The van der Waals surface area contributed by atoms with Crippen molar-refractivity contribution in [2.24, 2.45) is 0 Å². The Balaban J connectivity index is 2.28. The van der Waals surface area contributed by atoms with Crippen molar-refractivity contribution in [2.45, 2.75) is 13.5 Å². The summed E-state index contributed by atoms with van der Waals surface area (Å²) in [5, 5.41) is 20.0. The van der Waals surface area contributed by atoms with Gasteiger partial charge in [-0.15, -0.1) is 0 Å². The van der Waals surface area contributed by atoms with Crippen molar-refractivity contribution >= 4 is 23.5 Å². The zero-order valence-electron chi connectivity index (χ0n) is 11.6. The van der Waals surface area contributed by atoms with Crippen molar-refractivity contribution in [1.82, 2.24) is 0 Å². The molecule has 108 valence electrons. The van der Waals surface area contributed by atoms with Crippen LogP contribution in [0, 0.1) is 17.0 Å². The molecular formula is C16H16N2O3. The normalized spacial score (nSPS) is 11.0. The van der Waals surface area contributed by atoms with Crippen molar-refractivity contribution in [2.75, 3.05) is 5.73 Å². The van der Waals surface area contributed by atoms with Crippen molar-refractivity contribution in [3.05, 3.63) is 68.8 Å². The number of nitro benzene ring substituents is 1. The summed E-state index contributed by atoms with van der Waals surface area (Å²) in [5.41, 5.74) is 9.51. The number of hydrogen-bond acceptors (Lipinski definition) is 4. The van der Waals surface area contributed by atoms with Crippen molar-refractivity contribution < 1.29 is 10.0 Å². The zero-order chi connectivity index (χ0) is 15.4. The number of nitro groups is 1. The molecule has 0 bridgehead atoms. The van der Waals surface area contributed by atoms with Crippen molar-refractivity contribution in [3.8, 4) is 0 Å². The Morgan fingerprint density at radius 1 is 1.19 bits per heavy atom. The Bertz CT molecular complexity index is 709. The van der Waals surface area contributed by atoms with E-state index in [9.17, 15) is 15.2 Å².